The Bertz CT molecular complexity index is 1590. The molecule has 1 saturated carbocycles. The maximum absolute atomic E-state index is 10.9. The zero-order valence-corrected chi connectivity index (χ0v) is 26.0. The van der Waals surface area contributed by atoms with E-state index in [1.54, 1.807) is 0 Å². The Morgan fingerprint density at radius 2 is 1.13 bits per heavy atom. The van der Waals surface area contributed by atoms with Gasteiger partial charge in [0.25, 0.3) is 0 Å². The summed E-state index contributed by atoms with van der Waals surface area (Å²) in [6, 6.07) is 11.7. The molecule has 11 nitrogen and oxygen atoms in total. The molecular formula is C36H42O11. The third-order valence-electron chi connectivity index (χ3n) is 10.3. The van der Waals surface area contributed by atoms with Gasteiger partial charge in [0.1, 0.15) is 54.9 Å². The van der Waals surface area contributed by atoms with Gasteiger partial charge in [-0.25, -0.2) is 0 Å². The van der Waals surface area contributed by atoms with Crippen LogP contribution in [0.5, 0.6) is 0 Å². The number of aliphatic hydroxyl groups is 9. The van der Waals surface area contributed by atoms with Crippen LogP contribution in [0.2, 0.25) is 0 Å². The number of hydrogen-bond donors (Lipinski definition) is 9. The zero-order valence-electron chi connectivity index (χ0n) is 26.0. The van der Waals surface area contributed by atoms with Gasteiger partial charge in [0.05, 0.1) is 18.3 Å². The van der Waals surface area contributed by atoms with Gasteiger partial charge in [0.2, 0.25) is 0 Å². The lowest BCUT2D eigenvalue weighted by molar-refractivity contribution is -0.214. The predicted molar refractivity (Wildman–Crippen MR) is 168 cm³/mol. The van der Waals surface area contributed by atoms with E-state index < -0.39 is 78.7 Å². The molecule has 2 aliphatic carbocycles. The molecule has 10 atom stereocenters. The normalized spacial score (nSPS) is 39.3. The summed E-state index contributed by atoms with van der Waals surface area (Å²) in [6.07, 6.45) is -10.2. The summed E-state index contributed by atoms with van der Waals surface area (Å²) in [7, 11) is 0. The van der Waals surface area contributed by atoms with Crippen LogP contribution in [0.3, 0.4) is 0 Å². The van der Waals surface area contributed by atoms with Crippen molar-refractivity contribution in [2.45, 2.75) is 111 Å². The Morgan fingerprint density at radius 1 is 0.660 bits per heavy atom. The summed E-state index contributed by atoms with van der Waals surface area (Å²) in [4.78, 5) is 0. The first-order valence-corrected chi connectivity index (χ1v) is 16.0. The third kappa shape index (κ3) is 6.24. The summed E-state index contributed by atoms with van der Waals surface area (Å²) >= 11 is 0. The Morgan fingerprint density at radius 3 is 1.60 bits per heavy atom. The highest BCUT2D eigenvalue weighted by atomic mass is 16.5. The van der Waals surface area contributed by atoms with E-state index in [-0.39, 0.29) is 13.0 Å². The van der Waals surface area contributed by atoms with Gasteiger partial charge in [-0.05, 0) is 85.5 Å². The van der Waals surface area contributed by atoms with Crippen LogP contribution in [0.4, 0.5) is 0 Å². The van der Waals surface area contributed by atoms with Crippen molar-refractivity contribution in [1.82, 2.24) is 0 Å². The van der Waals surface area contributed by atoms with Crippen molar-refractivity contribution in [1.29, 1.82) is 0 Å². The van der Waals surface area contributed by atoms with Crippen molar-refractivity contribution in [2.24, 2.45) is 0 Å². The fourth-order valence-corrected chi connectivity index (χ4v) is 7.37. The van der Waals surface area contributed by atoms with E-state index >= 15 is 0 Å². The topological polar surface area (TPSA) is 201 Å². The lowest BCUT2D eigenvalue weighted by atomic mass is 9.64. The molecule has 2 aromatic carbocycles. The van der Waals surface area contributed by atoms with Crippen molar-refractivity contribution in [3.8, 4) is 34.8 Å². The van der Waals surface area contributed by atoms with Gasteiger partial charge in [-0.2, -0.15) is 0 Å². The predicted octanol–water partition coefficient (Wildman–Crippen LogP) is -0.944. The largest absolute Gasteiger partial charge is 0.396 e. The van der Waals surface area contributed by atoms with Crippen molar-refractivity contribution in [3.63, 3.8) is 0 Å². The molecule has 252 valence electrons. The molecule has 2 saturated heterocycles. The Hall–Kier alpha value is -2.88. The number of rotatable bonds is 3. The standard InChI is InChI=1S/C36H42O11/c1-35(45)11-13-36(14-12-35)23-16-19(4-8-25-29(39)33(43)31(41)27(46-25)10-15-37)2-6-21(23)22-7-3-20(17-24(22)36)5-9-26-30(40)34(44)32(42)28(18-38)47-26/h2-3,6-7,16-17,25-34,37-45H,10-15,18H2,1H3/t25-,26-,27-,28-,29-,30-,31-,32-,33-,34-,35?,36?/m1/s1. The minimum atomic E-state index is -1.52. The third-order valence-corrected chi connectivity index (χ3v) is 10.3. The van der Waals surface area contributed by atoms with Crippen molar-refractivity contribution >= 4 is 0 Å². The molecule has 9 N–H and O–H groups in total. The van der Waals surface area contributed by atoms with Gasteiger partial charge in [-0.15, -0.1) is 0 Å². The molecule has 0 unspecified atom stereocenters. The number of benzene rings is 2. The van der Waals surface area contributed by atoms with Gasteiger partial charge in [0, 0.05) is 23.1 Å². The molecule has 2 aromatic rings. The smallest absolute Gasteiger partial charge is 0.147 e. The van der Waals surface area contributed by atoms with Crippen LogP contribution in [0.1, 0.15) is 61.3 Å². The van der Waals surface area contributed by atoms with E-state index in [0.29, 0.717) is 36.8 Å². The number of fused-ring (bicyclic) bond motifs is 5. The van der Waals surface area contributed by atoms with Crippen molar-refractivity contribution < 1.29 is 55.4 Å². The molecule has 47 heavy (non-hydrogen) atoms. The van der Waals surface area contributed by atoms with Crippen molar-refractivity contribution in [2.75, 3.05) is 13.2 Å². The van der Waals surface area contributed by atoms with Crippen molar-refractivity contribution in [3.05, 3.63) is 58.7 Å². The van der Waals surface area contributed by atoms with Crippen LogP contribution in [0.15, 0.2) is 36.4 Å². The van der Waals surface area contributed by atoms with Gasteiger partial charge >= 0.3 is 0 Å². The lowest BCUT2D eigenvalue weighted by Crippen LogP contribution is -2.58. The molecule has 1 spiro atoms. The minimum Gasteiger partial charge on any atom is -0.396 e. The molecule has 2 aliphatic heterocycles. The van der Waals surface area contributed by atoms with Gasteiger partial charge in [-0.3, -0.25) is 0 Å². The van der Waals surface area contributed by atoms with Crippen LogP contribution in [0, 0.1) is 23.7 Å². The first kappa shape index (κ1) is 34.0. The fraction of sp³-hybridized carbons (Fsp3) is 0.556. The molecule has 2 heterocycles. The minimum absolute atomic E-state index is 0.0847. The van der Waals surface area contributed by atoms with E-state index in [2.05, 4.69) is 23.7 Å². The Labute approximate surface area is 273 Å². The Balaban J connectivity index is 1.33. The van der Waals surface area contributed by atoms with E-state index in [0.717, 1.165) is 22.3 Å². The van der Waals surface area contributed by atoms with Crippen LogP contribution in [0.25, 0.3) is 11.1 Å². The monoisotopic (exact) mass is 650 g/mol. The highest BCUT2D eigenvalue weighted by Crippen LogP contribution is 2.57. The second kappa shape index (κ2) is 13.2. The van der Waals surface area contributed by atoms with Gasteiger partial charge in [-0.1, -0.05) is 35.8 Å². The molecule has 11 heteroatoms. The molecule has 0 amide bonds. The highest BCUT2D eigenvalue weighted by molar-refractivity contribution is 5.82. The molecule has 0 bridgehead atoms. The average Bonchev–Trinajstić information content (AvgIpc) is 3.32. The van der Waals surface area contributed by atoms with Gasteiger partial charge in [0.15, 0.2) is 0 Å². The van der Waals surface area contributed by atoms with Crippen LogP contribution in [-0.4, -0.2) is 126 Å². The van der Waals surface area contributed by atoms with E-state index in [4.69, 9.17) is 9.47 Å². The molecular weight excluding hydrogens is 608 g/mol. The van der Waals surface area contributed by atoms with E-state index in [1.807, 2.05) is 43.3 Å². The summed E-state index contributed by atoms with van der Waals surface area (Å²) in [5.41, 5.74) is 4.19. The molecule has 3 fully saturated rings. The van der Waals surface area contributed by atoms with Crippen LogP contribution in [-0.2, 0) is 14.9 Å². The molecule has 0 aromatic heterocycles. The molecule has 4 aliphatic rings. The number of hydrogen-bond acceptors (Lipinski definition) is 11. The number of aliphatic hydroxyl groups excluding tert-OH is 8. The summed E-state index contributed by atoms with van der Waals surface area (Å²) in [5.74, 6) is 11.9. The molecule has 0 radical (unpaired) electrons. The lowest BCUT2D eigenvalue weighted by Gasteiger charge is -2.42. The molecule has 6 rings (SSSR count). The maximum Gasteiger partial charge on any atom is 0.147 e. The van der Waals surface area contributed by atoms with E-state index in [1.165, 1.54) is 0 Å². The highest BCUT2D eigenvalue weighted by Gasteiger charge is 2.48. The van der Waals surface area contributed by atoms with E-state index in [9.17, 15) is 46.0 Å². The zero-order chi connectivity index (χ0) is 33.7. The second-order valence-corrected chi connectivity index (χ2v) is 13.5. The Kier molecular flexibility index (Phi) is 9.55. The fourth-order valence-electron chi connectivity index (χ4n) is 7.37. The second-order valence-electron chi connectivity index (χ2n) is 13.5. The van der Waals surface area contributed by atoms with Gasteiger partial charge < -0.3 is 55.4 Å². The quantitative estimate of drug-likeness (QED) is 0.186. The SMILES string of the molecule is CC1(O)CCC2(CC1)c1cc(C#C[C@H]3O[C@H](CO)[C@@H](O)[C@H](O)[C@@H]3O)ccc1-c1ccc(C#C[C@H]3O[C@H](CCO)[C@@H](O)[C@H](O)[C@@H]3O)cc12. The first-order chi connectivity index (χ1) is 22.4. The number of ether oxygens (including phenoxy) is 2. The first-order valence-electron chi connectivity index (χ1n) is 16.0. The summed E-state index contributed by atoms with van der Waals surface area (Å²) < 4.78 is 11.3. The average molecular weight is 651 g/mol. The maximum atomic E-state index is 10.9. The summed E-state index contributed by atoms with van der Waals surface area (Å²) in [5, 5.41) is 91.5. The van der Waals surface area contributed by atoms with Crippen LogP contribution >= 0.6 is 0 Å². The summed E-state index contributed by atoms with van der Waals surface area (Å²) in [6.45, 7) is 1.04. The van der Waals surface area contributed by atoms with Crippen LogP contribution < -0.4 is 0 Å².